The molecule has 26 heavy (non-hydrogen) atoms. The molecule has 3 N–H and O–H groups in total. The van der Waals surface area contributed by atoms with Gasteiger partial charge in [0.15, 0.2) is 6.61 Å². The SMILES string of the molecule is Cl.NCCOc1ccc(NC(=O)c2cccnc2OCC(F)(F)F)cc1. The van der Waals surface area contributed by atoms with Crippen LogP contribution in [0.2, 0.25) is 0 Å². The number of anilines is 1. The van der Waals surface area contributed by atoms with E-state index in [1.54, 1.807) is 24.3 Å². The van der Waals surface area contributed by atoms with Crippen molar-refractivity contribution in [1.82, 2.24) is 4.98 Å². The fourth-order valence-electron chi connectivity index (χ4n) is 1.84. The van der Waals surface area contributed by atoms with Crippen LogP contribution in [0.15, 0.2) is 42.6 Å². The number of nitrogens with one attached hydrogen (secondary N) is 1. The van der Waals surface area contributed by atoms with Gasteiger partial charge in [-0.15, -0.1) is 12.4 Å². The van der Waals surface area contributed by atoms with Gasteiger partial charge in [0.2, 0.25) is 5.88 Å². The summed E-state index contributed by atoms with van der Waals surface area (Å²) in [6, 6.07) is 9.21. The van der Waals surface area contributed by atoms with Crippen molar-refractivity contribution in [3.63, 3.8) is 0 Å². The number of hydrogen-bond donors (Lipinski definition) is 2. The zero-order valence-electron chi connectivity index (χ0n) is 13.5. The summed E-state index contributed by atoms with van der Waals surface area (Å²) in [5.41, 5.74) is 5.67. The van der Waals surface area contributed by atoms with E-state index in [9.17, 15) is 18.0 Å². The van der Waals surface area contributed by atoms with Gasteiger partial charge in [-0.05, 0) is 36.4 Å². The van der Waals surface area contributed by atoms with Crippen molar-refractivity contribution in [2.24, 2.45) is 5.73 Å². The van der Waals surface area contributed by atoms with E-state index in [0.717, 1.165) is 0 Å². The molecule has 10 heteroatoms. The number of benzene rings is 1. The molecule has 2 rings (SSSR count). The summed E-state index contributed by atoms with van der Waals surface area (Å²) >= 11 is 0. The number of alkyl halides is 3. The molecule has 0 saturated carbocycles. The van der Waals surface area contributed by atoms with Crippen LogP contribution in [0.25, 0.3) is 0 Å². The van der Waals surface area contributed by atoms with Crippen LogP contribution in [0.1, 0.15) is 10.4 Å². The zero-order chi connectivity index (χ0) is 18.3. The Labute approximate surface area is 153 Å². The highest BCUT2D eigenvalue weighted by Crippen LogP contribution is 2.22. The van der Waals surface area contributed by atoms with Crippen LogP contribution in [0, 0.1) is 0 Å². The lowest BCUT2D eigenvalue weighted by atomic mass is 10.2. The smallest absolute Gasteiger partial charge is 0.422 e. The zero-order valence-corrected chi connectivity index (χ0v) is 14.3. The Bertz CT molecular complexity index is 712. The summed E-state index contributed by atoms with van der Waals surface area (Å²) in [6.07, 6.45) is -3.28. The third-order valence-electron chi connectivity index (χ3n) is 2.89. The number of pyridine rings is 1. The molecule has 0 bridgehead atoms. The quantitative estimate of drug-likeness (QED) is 0.757. The molecule has 1 aromatic heterocycles. The fraction of sp³-hybridized carbons (Fsp3) is 0.250. The minimum absolute atomic E-state index is 0. The molecule has 2 aromatic rings. The molecule has 0 fully saturated rings. The third kappa shape index (κ3) is 6.77. The summed E-state index contributed by atoms with van der Waals surface area (Å²) in [5.74, 6) is -0.444. The van der Waals surface area contributed by atoms with Crippen LogP contribution >= 0.6 is 12.4 Å². The van der Waals surface area contributed by atoms with Gasteiger partial charge < -0.3 is 20.5 Å². The number of carbonyl (C=O) groups excluding carboxylic acids is 1. The summed E-state index contributed by atoms with van der Waals surface area (Å²) in [5, 5.41) is 2.56. The molecular weight excluding hydrogens is 375 g/mol. The van der Waals surface area contributed by atoms with Crippen molar-refractivity contribution in [1.29, 1.82) is 0 Å². The highest BCUT2D eigenvalue weighted by molar-refractivity contribution is 6.05. The molecular formula is C16H17ClF3N3O3. The maximum atomic E-state index is 12.3. The van der Waals surface area contributed by atoms with Gasteiger partial charge in [-0.25, -0.2) is 4.98 Å². The van der Waals surface area contributed by atoms with Crippen LogP contribution in [0.3, 0.4) is 0 Å². The largest absolute Gasteiger partial charge is 0.492 e. The molecule has 0 unspecified atom stereocenters. The van der Waals surface area contributed by atoms with Crippen molar-refractivity contribution < 1.29 is 27.4 Å². The minimum atomic E-state index is -4.52. The Hall–Kier alpha value is -2.52. The number of hydrogen-bond acceptors (Lipinski definition) is 5. The standard InChI is InChI=1S/C16H16F3N3O3.ClH/c17-16(18,19)10-25-15-13(2-1-8-21-15)14(23)22-11-3-5-12(6-4-11)24-9-7-20;/h1-6,8H,7,9-10,20H2,(H,22,23);1H. The number of aromatic nitrogens is 1. The van der Waals surface area contributed by atoms with Crippen molar-refractivity contribution in [2.75, 3.05) is 25.1 Å². The Morgan fingerprint density at radius 1 is 1.15 bits per heavy atom. The second-order valence-corrected chi connectivity index (χ2v) is 4.88. The number of carbonyl (C=O) groups is 1. The van der Waals surface area contributed by atoms with Crippen LogP contribution < -0.4 is 20.5 Å². The number of halogens is 4. The van der Waals surface area contributed by atoms with Gasteiger partial charge in [0, 0.05) is 18.4 Å². The van der Waals surface area contributed by atoms with Crippen molar-refractivity contribution in [3.05, 3.63) is 48.2 Å². The maximum absolute atomic E-state index is 12.3. The number of nitrogens with zero attached hydrogens (tertiary/aromatic N) is 1. The van der Waals surface area contributed by atoms with Crippen molar-refractivity contribution in [3.8, 4) is 11.6 Å². The van der Waals surface area contributed by atoms with Crippen molar-refractivity contribution in [2.45, 2.75) is 6.18 Å². The molecule has 0 atom stereocenters. The molecule has 0 spiro atoms. The molecule has 1 heterocycles. The first-order chi connectivity index (χ1) is 11.9. The average Bonchev–Trinajstić information content (AvgIpc) is 2.59. The molecule has 0 aliphatic heterocycles. The second-order valence-electron chi connectivity index (χ2n) is 4.88. The Morgan fingerprint density at radius 2 is 1.85 bits per heavy atom. The number of amides is 1. The number of nitrogens with two attached hydrogens (primary N) is 1. The Morgan fingerprint density at radius 3 is 2.46 bits per heavy atom. The predicted octanol–water partition coefficient (Wildman–Crippen LogP) is 3.03. The average molecular weight is 392 g/mol. The topological polar surface area (TPSA) is 86.5 Å². The van der Waals surface area contributed by atoms with Gasteiger partial charge in [0.25, 0.3) is 5.91 Å². The van der Waals surface area contributed by atoms with Crippen LogP contribution in [0.4, 0.5) is 18.9 Å². The van der Waals surface area contributed by atoms with Gasteiger partial charge in [-0.2, -0.15) is 13.2 Å². The second kappa shape index (κ2) is 9.83. The van der Waals surface area contributed by atoms with E-state index in [4.69, 9.17) is 10.5 Å². The maximum Gasteiger partial charge on any atom is 0.422 e. The van der Waals surface area contributed by atoms with Gasteiger partial charge in [0.1, 0.15) is 17.9 Å². The lowest BCUT2D eigenvalue weighted by Gasteiger charge is -2.12. The summed E-state index contributed by atoms with van der Waals surface area (Å²) in [4.78, 5) is 15.9. The summed E-state index contributed by atoms with van der Waals surface area (Å²) in [7, 11) is 0. The molecule has 142 valence electrons. The fourth-order valence-corrected chi connectivity index (χ4v) is 1.84. The molecule has 1 aromatic carbocycles. The normalized spacial score (nSPS) is 10.6. The summed E-state index contributed by atoms with van der Waals surface area (Å²) in [6.45, 7) is -0.793. The molecule has 1 amide bonds. The van der Waals surface area contributed by atoms with Gasteiger partial charge >= 0.3 is 6.18 Å². The van der Waals surface area contributed by atoms with Gasteiger partial charge in [-0.1, -0.05) is 0 Å². The summed E-state index contributed by atoms with van der Waals surface area (Å²) < 4.78 is 46.7. The first-order valence-electron chi connectivity index (χ1n) is 7.28. The Kier molecular flexibility index (Phi) is 8.14. The van der Waals surface area contributed by atoms with E-state index in [2.05, 4.69) is 15.0 Å². The van der Waals surface area contributed by atoms with E-state index in [1.165, 1.54) is 18.3 Å². The third-order valence-corrected chi connectivity index (χ3v) is 2.89. The van der Waals surface area contributed by atoms with Crippen LogP contribution in [-0.4, -0.2) is 36.8 Å². The lowest BCUT2D eigenvalue weighted by molar-refractivity contribution is -0.154. The lowest BCUT2D eigenvalue weighted by Crippen LogP contribution is -2.22. The molecule has 0 radical (unpaired) electrons. The van der Waals surface area contributed by atoms with E-state index >= 15 is 0 Å². The predicted molar refractivity (Wildman–Crippen MR) is 92.0 cm³/mol. The van der Waals surface area contributed by atoms with Gasteiger partial charge in [0.05, 0.1) is 0 Å². The van der Waals surface area contributed by atoms with E-state index in [-0.39, 0.29) is 23.9 Å². The Balaban J connectivity index is 0.00000338. The number of ether oxygens (including phenoxy) is 2. The molecule has 6 nitrogen and oxygen atoms in total. The highest BCUT2D eigenvalue weighted by atomic mass is 35.5. The first kappa shape index (κ1) is 21.5. The van der Waals surface area contributed by atoms with Crippen molar-refractivity contribution >= 4 is 24.0 Å². The van der Waals surface area contributed by atoms with E-state index in [1.807, 2.05) is 0 Å². The molecule has 0 aliphatic rings. The highest BCUT2D eigenvalue weighted by Gasteiger charge is 2.29. The van der Waals surface area contributed by atoms with Gasteiger partial charge in [-0.3, -0.25) is 4.79 Å². The molecule has 0 saturated heterocycles. The molecule has 0 aliphatic carbocycles. The van der Waals surface area contributed by atoms with E-state index < -0.39 is 18.7 Å². The first-order valence-corrected chi connectivity index (χ1v) is 7.28. The monoisotopic (exact) mass is 391 g/mol. The van der Waals surface area contributed by atoms with Crippen LogP contribution in [0.5, 0.6) is 11.6 Å². The van der Waals surface area contributed by atoms with Crippen LogP contribution in [-0.2, 0) is 0 Å². The van der Waals surface area contributed by atoms with E-state index in [0.29, 0.717) is 24.6 Å². The number of rotatable bonds is 7. The minimum Gasteiger partial charge on any atom is -0.492 e.